The van der Waals surface area contributed by atoms with Crippen LogP contribution in [0.2, 0.25) is 0 Å². The smallest absolute Gasteiger partial charge is 0.363 e. The monoisotopic (exact) mass is 372 g/mol. The van der Waals surface area contributed by atoms with E-state index in [-0.39, 0.29) is 34.3 Å². The number of methoxy groups -OCH3 is 2. The molecule has 0 aliphatic carbocycles. The molecule has 3 rings (SSSR count). The highest BCUT2D eigenvalue weighted by Crippen LogP contribution is 2.36. The van der Waals surface area contributed by atoms with Gasteiger partial charge in [0, 0.05) is 5.56 Å². The average molecular weight is 372 g/mol. The predicted octanol–water partition coefficient (Wildman–Crippen LogP) is 3.10. The fourth-order valence-electron chi connectivity index (χ4n) is 2.43. The number of nitro groups is 1. The molecule has 0 fully saturated rings. The number of hydrogen-bond acceptors (Lipinski definition) is 7. The van der Waals surface area contributed by atoms with Gasteiger partial charge >= 0.3 is 5.97 Å². The van der Waals surface area contributed by atoms with Gasteiger partial charge in [0.1, 0.15) is 5.82 Å². The van der Waals surface area contributed by atoms with E-state index < -0.39 is 16.7 Å². The lowest BCUT2D eigenvalue weighted by molar-refractivity contribution is -0.385. The summed E-state index contributed by atoms with van der Waals surface area (Å²) < 4.78 is 28.3. The summed E-state index contributed by atoms with van der Waals surface area (Å²) in [5.74, 6) is -0.812. The van der Waals surface area contributed by atoms with Gasteiger partial charge in [-0.2, -0.15) is 0 Å². The highest BCUT2D eigenvalue weighted by molar-refractivity contribution is 6.13. The van der Waals surface area contributed by atoms with Crippen molar-refractivity contribution in [1.82, 2.24) is 0 Å². The van der Waals surface area contributed by atoms with E-state index in [1.54, 1.807) is 0 Å². The van der Waals surface area contributed by atoms with Crippen molar-refractivity contribution in [2.45, 2.75) is 0 Å². The second-order valence-corrected chi connectivity index (χ2v) is 5.37. The first-order chi connectivity index (χ1) is 12.9. The zero-order chi connectivity index (χ0) is 19.6. The Morgan fingerprint density at radius 1 is 1.15 bits per heavy atom. The van der Waals surface area contributed by atoms with Crippen LogP contribution in [0.4, 0.5) is 10.1 Å². The predicted molar refractivity (Wildman–Crippen MR) is 93.2 cm³/mol. The van der Waals surface area contributed by atoms with Crippen LogP contribution in [0.3, 0.4) is 0 Å². The molecule has 0 saturated heterocycles. The van der Waals surface area contributed by atoms with Crippen molar-refractivity contribution in [1.29, 1.82) is 0 Å². The first-order valence-electron chi connectivity index (χ1n) is 7.62. The van der Waals surface area contributed by atoms with Crippen LogP contribution in [0.15, 0.2) is 47.1 Å². The quantitative estimate of drug-likeness (QED) is 0.346. The van der Waals surface area contributed by atoms with Crippen LogP contribution in [0.5, 0.6) is 11.5 Å². The average Bonchev–Trinajstić information content (AvgIpc) is 3.02. The molecule has 2 aromatic rings. The lowest BCUT2D eigenvalue weighted by atomic mass is 10.1. The van der Waals surface area contributed by atoms with Crippen LogP contribution < -0.4 is 9.47 Å². The molecular formula is C18H13FN2O6. The molecule has 1 aliphatic rings. The Kier molecular flexibility index (Phi) is 4.84. The van der Waals surface area contributed by atoms with Crippen molar-refractivity contribution in [3.63, 3.8) is 0 Å². The van der Waals surface area contributed by atoms with Crippen molar-refractivity contribution in [2.75, 3.05) is 14.2 Å². The Hall–Kier alpha value is -3.75. The van der Waals surface area contributed by atoms with Crippen molar-refractivity contribution in [2.24, 2.45) is 4.99 Å². The van der Waals surface area contributed by atoms with Crippen molar-refractivity contribution in [3.8, 4) is 11.5 Å². The van der Waals surface area contributed by atoms with E-state index in [0.29, 0.717) is 5.56 Å². The van der Waals surface area contributed by atoms with Crippen LogP contribution in [0.1, 0.15) is 11.1 Å². The number of aliphatic imine (C=N–C) groups is 1. The maximum absolute atomic E-state index is 13.0. The van der Waals surface area contributed by atoms with E-state index in [1.807, 2.05) is 0 Å². The summed E-state index contributed by atoms with van der Waals surface area (Å²) in [6.07, 6.45) is 1.22. The lowest BCUT2D eigenvalue weighted by Crippen LogP contribution is -2.05. The fourth-order valence-corrected chi connectivity index (χ4v) is 2.43. The molecule has 27 heavy (non-hydrogen) atoms. The molecule has 2 aromatic carbocycles. The van der Waals surface area contributed by atoms with Crippen molar-refractivity contribution >= 4 is 23.6 Å². The highest BCUT2D eigenvalue weighted by atomic mass is 19.1. The molecule has 0 bridgehead atoms. The van der Waals surface area contributed by atoms with Crippen LogP contribution >= 0.6 is 0 Å². The normalized spacial score (nSPS) is 14.7. The molecule has 1 aliphatic heterocycles. The Balaban J connectivity index is 2.06. The zero-order valence-corrected chi connectivity index (χ0v) is 14.3. The Morgan fingerprint density at radius 3 is 2.37 bits per heavy atom. The number of halogens is 1. The van der Waals surface area contributed by atoms with Gasteiger partial charge in [-0.15, -0.1) is 0 Å². The molecule has 0 amide bonds. The molecule has 0 unspecified atom stereocenters. The van der Waals surface area contributed by atoms with E-state index in [1.165, 1.54) is 56.7 Å². The molecule has 8 nitrogen and oxygen atoms in total. The van der Waals surface area contributed by atoms with Gasteiger partial charge in [-0.25, -0.2) is 14.2 Å². The van der Waals surface area contributed by atoms with Gasteiger partial charge in [-0.3, -0.25) is 10.1 Å². The molecule has 0 radical (unpaired) electrons. The van der Waals surface area contributed by atoms with Crippen LogP contribution in [0, 0.1) is 15.9 Å². The van der Waals surface area contributed by atoms with Crippen LogP contribution in [-0.2, 0) is 9.53 Å². The van der Waals surface area contributed by atoms with Gasteiger partial charge in [0.2, 0.25) is 5.90 Å². The van der Waals surface area contributed by atoms with Gasteiger partial charge in [0.15, 0.2) is 17.2 Å². The SMILES string of the molecule is COc1cc(/C=C2\N=C(c3ccc(F)cc3)OC2=O)c([N+](=O)[O-])cc1OC. The largest absolute Gasteiger partial charge is 0.493 e. The number of benzene rings is 2. The number of esters is 1. The summed E-state index contributed by atoms with van der Waals surface area (Å²) in [7, 11) is 2.74. The minimum atomic E-state index is -0.779. The number of rotatable bonds is 5. The molecule has 0 aromatic heterocycles. The molecular weight excluding hydrogens is 359 g/mol. The minimum Gasteiger partial charge on any atom is -0.493 e. The lowest BCUT2D eigenvalue weighted by Gasteiger charge is -2.08. The van der Waals surface area contributed by atoms with E-state index >= 15 is 0 Å². The Bertz CT molecular complexity index is 982. The Labute approximate surface area is 152 Å². The number of carbonyl (C=O) groups excluding carboxylic acids is 1. The van der Waals surface area contributed by atoms with E-state index in [2.05, 4.69) is 4.99 Å². The maximum atomic E-state index is 13.0. The van der Waals surface area contributed by atoms with Gasteiger partial charge in [0.05, 0.1) is 30.8 Å². The molecule has 138 valence electrons. The highest BCUT2D eigenvalue weighted by Gasteiger charge is 2.26. The molecule has 9 heteroatoms. The number of ether oxygens (including phenoxy) is 3. The molecule has 0 spiro atoms. The number of hydrogen-bond donors (Lipinski definition) is 0. The number of nitrogens with zero attached hydrogens (tertiary/aromatic N) is 2. The van der Waals surface area contributed by atoms with Gasteiger partial charge < -0.3 is 14.2 Å². The second-order valence-electron chi connectivity index (χ2n) is 5.37. The summed E-state index contributed by atoms with van der Waals surface area (Å²) >= 11 is 0. The van der Waals surface area contributed by atoms with Crippen molar-refractivity contribution in [3.05, 3.63) is 69.2 Å². The topological polar surface area (TPSA) is 100 Å². The summed E-state index contributed by atoms with van der Waals surface area (Å²) in [6, 6.07) is 7.77. The first kappa shape index (κ1) is 18.1. The summed E-state index contributed by atoms with van der Waals surface area (Å²) in [5, 5.41) is 11.4. The third-order valence-electron chi connectivity index (χ3n) is 3.73. The second kappa shape index (κ2) is 7.24. The van der Waals surface area contributed by atoms with Gasteiger partial charge in [-0.05, 0) is 36.4 Å². The standard InChI is InChI=1S/C18H13FN2O6/c1-25-15-8-11(14(21(23)24)9-16(15)26-2)7-13-18(22)27-17(20-13)10-3-5-12(19)6-4-10/h3-9H,1-2H3/b13-7-. The Morgan fingerprint density at radius 2 is 1.78 bits per heavy atom. The molecule has 0 atom stereocenters. The zero-order valence-electron chi connectivity index (χ0n) is 14.3. The van der Waals surface area contributed by atoms with E-state index in [0.717, 1.165) is 0 Å². The fraction of sp³-hybridized carbons (Fsp3) is 0.111. The van der Waals surface area contributed by atoms with E-state index in [9.17, 15) is 19.3 Å². The molecule has 1 heterocycles. The van der Waals surface area contributed by atoms with Crippen LogP contribution in [0.25, 0.3) is 6.08 Å². The number of nitro benzene ring substituents is 1. The molecule has 0 N–H and O–H groups in total. The number of cyclic esters (lactones) is 1. The summed E-state index contributed by atoms with van der Waals surface area (Å²) in [5.41, 5.74) is 0.0618. The third-order valence-corrected chi connectivity index (χ3v) is 3.73. The molecule has 0 saturated carbocycles. The minimum absolute atomic E-state index is 0.0191. The summed E-state index contributed by atoms with van der Waals surface area (Å²) in [6.45, 7) is 0. The third kappa shape index (κ3) is 3.61. The number of carbonyl (C=O) groups is 1. The van der Waals surface area contributed by atoms with Crippen molar-refractivity contribution < 1.29 is 28.3 Å². The van der Waals surface area contributed by atoms with E-state index in [4.69, 9.17) is 14.2 Å². The van der Waals surface area contributed by atoms with Gasteiger partial charge in [-0.1, -0.05) is 0 Å². The summed E-state index contributed by atoms with van der Waals surface area (Å²) in [4.78, 5) is 26.9. The maximum Gasteiger partial charge on any atom is 0.363 e. The first-order valence-corrected chi connectivity index (χ1v) is 7.62. The van der Waals surface area contributed by atoms with Crippen LogP contribution in [-0.4, -0.2) is 31.0 Å². The van der Waals surface area contributed by atoms with Gasteiger partial charge in [0.25, 0.3) is 5.69 Å².